The second-order valence-electron chi connectivity index (χ2n) is 3.20. The lowest BCUT2D eigenvalue weighted by Crippen LogP contribution is -1.97. The minimum atomic E-state index is -0.682. The van der Waals surface area contributed by atoms with Gasteiger partial charge in [0.2, 0.25) is 0 Å². The molecule has 1 aromatic carbocycles. The fraction of sp³-hybridized carbons (Fsp3) is 0.182. The van der Waals surface area contributed by atoms with Crippen LogP contribution in [0.25, 0.3) is 0 Å². The van der Waals surface area contributed by atoms with Crippen molar-refractivity contribution in [3.8, 4) is 5.75 Å². The molecule has 5 heteroatoms. The molecule has 0 bridgehead atoms. The van der Waals surface area contributed by atoms with Gasteiger partial charge >= 0.3 is 0 Å². The Morgan fingerprint density at radius 3 is 2.94 bits per heavy atom. The third-order valence-corrected chi connectivity index (χ3v) is 3.35. The van der Waals surface area contributed by atoms with Crippen molar-refractivity contribution in [2.75, 3.05) is 7.11 Å². The number of aromatic nitrogens is 1. The second-order valence-corrected chi connectivity index (χ2v) is 4.53. The van der Waals surface area contributed by atoms with Gasteiger partial charge in [-0.25, -0.2) is 0 Å². The van der Waals surface area contributed by atoms with Gasteiger partial charge in [-0.2, -0.15) is 0 Å². The average molecular weight is 256 g/mol. The molecule has 0 saturated carbocycles. The molecule has 2 aromatic rings. The van der Waals surface area contributed by atoms with Gasteiger partial charge in [0.15, 0.2) is 0 Å². The lowest BCUT2D eigenvalue weighted by molar-refractivity contribution is 0.223. The molecule has 1 aromatic heterocycles. The van der Waals surface area contributed by atoms with E-state index in [1.54, 1.807) is 37.0 Å². The van der Waals surface area contributed by atoms with E-state index in [9.17, 15) is 5.11 Å². The molecule has 1 N–H and O–H groups in total. The van der Waals surface area contributed by atoms with Gasteiger partial charge in [0.05, 0.1) is 22.5 Å². The number of hydrogen-bond acceptors (Lipinski definition) is 4. The Morgan fingerprint density at radius 1 is 1.50 bits per heavy atom. The van der Waals surface area contributed by atoms with E-state index in [-0.39, 0.29) is 0 Å². The van der Waals surface area contributed by atoms with Gasteiger partial charge in [0.1, 0.15) is 11.9 Å². The molecule has 16 heavy (non-hydrogen) atoms. The minimum absolute atomic E-state index is 0.530. The summed E-state index contributed by atoms with van der Waals surface area (Å²) in [5.41, 5.74) is 2.43. The highest BCUT2D eigenvalue weighted by Crippen LogP contribution is 2.31. The Hall–Kier alpha value is -1.10. The van der Waals surface area contributed by atoms with Crippen LogP contribution in [0.4, 0.5) is 0 Å². The molecular formula is C11H10ClNO2S. The first kappa shape index (κ1) is 11.4. The molecule has 0 aliphatic carbocycles. The molecule has 1 heterocycles. The molecular weight excluding hydrogens is 246 g/mol. The normalized spacial score (nSPS) is 12.4. The van der Waals surface area contributed by atoms with Gasteiger partial charge in [-0.3, -0.25) is 4.98 Å². The number of nitrogens with zero attached hydrogens (tertiary/aromatic N) is 1. The number of ether oxygens (including phenoxy) is 1. The molecule has 0 saturated heterocycles. The van der Waals surface area contributed by atoms with Crippen molar-refractivity contribution in [2.45, 2.75) is 6.10 Å². The third kappa shape index (κ3) is 2.19. The van der Waals surface area contributed by atoms with Crippen LogP contribution < -0.4 is 4.74 Å². The SMILES string of the molecule is COc1cc(C(O)c2cncs2)ccc1Cl. The van der Waals surface area contributed by atoms with Crippen molar-refractivity contribution in [3.05, 3.63) is 45.4 Å². The number of benzene rings is 1. The number of aliphatic hydroxyl groups is 1. The quantitative estimate of drug-likeness (QED) is 0.917. The highest BCUT2D eigenvalue weighted by atomic mass is 35.5. The van der Waals surface area contributed by atoms with E-state index in [2.05, 4.69) is 4.98 Å². The number of aliphatic hydroxyl groups excluding tert-OH is 1. The number of thiazole rings is 1. The first-order chi connectivity index (χ1) is 7.72. The highest BCUT2D eigenvalue weighted by Gasteiger charge is 2.13. The summed E-state index contributed by atoms with van der Waals surface area (Å²) >= 11 is 7.32. The van der Waals surface area contributed by atoms with Gasteiger partial charge in [0.25, 0.3) is 0 Å². The topological polar surface area (TPSA) is 42.4 Å². The molecule has 0 fully saturated rings. The molecule has 3 nitrogen and oxygen atoms in total. The summed E-state index contributed by atoms with van der Waals surface area (Å²) in [6.07, 6.45) is 0.967. The van der Waals surface area contributed by atoms with E-state index in [1.807, 2.05) is 0 Å². The molecule has 0 aliphatic rings. The summed E-state index contributed by atoms with van der Waals surface area (Å²) in [6.45, 7) is 0. The predicted octanol–water partition coefficient (Wildman–Crippen LogP) is 2.89. The maximum atomic E-state index is 10.1. The van der Waals surface area contributed by atoms with Gasteiger partial charge in [0, 0.05) is 6.20 Å². The van der Waals surface area contributed by atoms with Crippen LogP contribution in [-0.2, 0) is 0 Å². The van der Waals surface area contributed by atoms with Gasteiger partial charge in [-0.15, -0.1) is 11.3 Å². The van der Waals surface area contributed by atoms with Crippen molar-refractivity contribution in [2.24, 2.45) is 0 Å². The summed E-state index contributed by atoms with van der Waals surface area (Å²) in [5, 5.41) is 10.6. The molecule has 2 rings (SSSR count). The summed E-state index contributed by atoms with van der Waals surface area (Å²) in [7, 11) is 1.55. The van der Waals surface area contributed by atoms with E-state index >= 15 is 0 Å². The number of halogens is 1. The first-order valence-corrected chi connectivity index (χ1v) is 5.88. The standard InChI is InChI=1S/C11H10ClNO2S/c1-15-9-4-7(2-3-8(9)12)11(14)10-5-13-6-16-10/h2-6,11,14H,1H3. The van der Waals surface area contributed by atoms with E-state index < -0.39 is 6.10 Å². The third-order valence-electron chi connectivity index (χ3n) is 2.21. The van der Waals surface area contributed by atoms with Crippen LogP contribution in [-0.4, -0.2) is 17.2 Å². The maximum absolute atomic E-state index is 10.1. The van der Waals surface area contributed by atoms with Crippen molar-refractivity contribution in [1.29, 1.82) is 0 Å². The zero-order valence-corrected chi connectivity index (χ0v) is 10.1. The van der Waals surface area contributed by atoms with Crippen LogP contribution in [0, 0.1) is 0 Å². The maximum Gasteiger partial charge on any atom is 0.137 e. The summed E-state index contributed by atoms with van der Waals surface area (Å²) in [6, 6.07) is 5.21. The fourth-order valence-electron chi connectivity index (χ4n) is 1.37. The summed E-state index contributed by atoms with van der Waals surface area (Å²) in [4.78, 5) is 4.73. The zero-order valence-electron chi connectivity index (χ0n) is 8.55. The molecule has 0 amide bonds. The van der Waals surface area contributed by atoms with Crippen LogP contribution in [0.15, 0.2) is 29.9 Å². The van der Waals surface area contributed by atoms with Crippen molar-refractivity contribution in [1.82, 2.24) is 4.98 Å². The first-order valence-electron chi connectivity index (χ1n) is 4.62. The molecule has 0 radical (unpaired) electrons. The molecule has 0 aliphatic heterocycles. The van der Waals surface area contributed by atoms with Crippen LogP contribution in [0.3, 0.4) is 0 Å². The minimum Gasteiger partial charge on any atom is -0.495 e. The fourth-order valence-corrected chi connectivity index (χ4v) is 2.20. The Balaban J connectivity index is 2.34. The highest BCUT2D eigenvalue weighted by molar-refractivity contribution is 7.09. The molecule has 1 atom stereocenters. The van der Waals surface area contributed by atoms with E-state index in [1.165, 1.54) is 11.3 Å². The monoisotopic (exact) mass is 255 g/mol. The van der Waals surface area contributed by atoms with Crippen LogP contribution in [0.2, 0.25) is 5.02 Å². The van der Waals surface area contributed by atoms with Gasteiger partial charge in [-0.1, -0.05) is 17.7 Å². The Kier molecular flexibility index (Phi) is 3.43. The lowest BCUT2D eigenvalue weighted by atomic mass is 10.1. The largest absolute Gasteiger partial charge is 0.495 e. The lowest BCUT2D eigenvalue weighted by Gasteiger charge is -2.10. The van der Waals surface area contributed by atoms with Crippen molar-refractivity contribution >= 4 is 22.9 Å². The summed E-state index contributed by atoms with van der Waals surface area (Å²) in [5.74, 6) is 0.558. The van der Waals surface area contributed by atoms with Crippen LogP contribution >= 0.6 is 22.9 Å². The average Bonchev–Trinajstić information content (AvgIpc) is 2.82. The molecule has 84 valence electrons. The molecule has 1 unspecified atom stereocenters. The Labute approximate surface area is 102 Å². The Morgan fingerprint density at radius 2 is 2.31 bits per heavy atom. The van der Waals surface area contributed by atoms with Crippen LogP contribution in [0.1, 0.15) is 16.5 Å². The number of hydrogen-bond donors (Lipinski definition) is 1. The molecule has 0 spiro atoms. The van der Waals surface area contributed by atoms with Gasteiger partial charge < -0.3 is 9.84 Å². The zero-order chi connectivity index (χ0) is 11.5. The van der Waals surface area contributed by atoms with E-state index in [0.717, 1.165) is 10.4 Å². The Bertz CT molecular complexity index is 473. The van der Waals surface area contributed by atoms with Crippen molar-refractivity contribution in [3.63, 3.8) is 0 Å². The second kappa shape index (κ2) is 4.82. The number of rotatable bonds is 3. The number of methoxy groups -OCH3 is 1. The van der Waals surface area contributed by atoms with E-state index in [0.29, 0.717) is 10.8 Å². The van der Waals surface area contributed by atoms with Crippen molar-refractivity contribution < 1.29 is 9.84 Å². The predicted molar refractivity (Wildman–Crippen MR) is 64.2 cm³/mol. The van der Waals surface area contributed by atoms with E-state index in [4.69, 9.17) is 16.3 Å². The smallest absolute Gasteiger partial charge is 0.137 e. The van der Waals surface area contributed by atoms with Gasteiger partial charge in [-0.05, 0) is 17.7 Å². The summed E-state index contributed by atoms with van der Waals surface area (Å²) < 4.78 is 5.10. The van der Waals surface area contributed by atoms with Crippen LogP contribution in [0.5, 0.6) is 5.75 Å².